The molecular weight excluding hydrogens is 401 g/mol. The maximum Gasteiger partial charge on any atom is 0.243 e. The highest BCUT2D eigenvalue weighted by atomic mass is 32.2. The number of fused-ring (bicyclic) bond motifs is 1. The Hall–Kier alpha value is -2.36. The van der Waals surface area contributed by atoms with E-state index in [0.717, 1.165) is 22.2 Å². The number of amides is 1. The average molecular weight is 420 g/mol. The van der Waals surface area contributed by atoms with Gasteiger partial charge in [0.25, 0.3) is 0 Å². The van der Waals surface area contributed by atoms with E-state index in [9.17, 15) is 17.6 Å². The van der Waals surface area contributed by atoms with Crippen molar-refractivity contribution in [3.8, 4) is 0 Å². The number of hydrogen-bond donors (Lipinski definition) is 1. The topological polar surface area (TPSA) is 79.4 Å². The molecule has 28 heavy (non-hydrogen) atoms. The number of carbonyl (C=O) groups excluding carboxylic acids is 1. The van der Waals surface area contributed by atoms with Gasteiger partial charge in [-0.3, -0.25) is 4.79 Å². The van der Waals surface area contributed by atoms with Gasteiger partial charge in [0, 0.05) is 30.4 Å². The molecule has 9 heteroatoms. The molecule has 1 unspecified atom stereocenters. The van der Waals surface area contributed by atoms with E-state index >= 15 is 0 Å². The summed E-state index contributed by atoms with van der Waals surface area (Å²) in [4.78, 5) is 12.7. The van der Waals surface area contributed by atoms with Crippen molar-refractivity contribution in [3.63, 3.8) is 0 Å². The Morgan fingerprint density at radius 2 is 2.00 bits per heavy atom. The van der Waals surface area contributed by atoms with Crippen molar-refractivity contribution < 1.29 is 17.6 Å². The molecule has 1 saturated heterocycles. The van der Waals surface area contributed by atoms with Gasteiger partial charge in [-0.2, -0.15) is 8.68 Å². The first-order valence-corrected chi connectivity index (χ1v) is 11.1. The fourth-order valence-corrected chi connectivity index (χ4v) is 5.47. The van der Waals surface area contributed by atoms with Crippen molar-refractivity contribution in [2.75, 3.05) is 18.4 Å². The van der Waals surface area contributed by atoms with Gasteiger partial charge in [-0.05, 0) is 66.8 Å². The van der Waals surface area contributed by atoms with Crippen LogP contribution in [0.4, 0.5) is 10.1 Å². The number of hydrogen-bond acceptors (Lipinski definition) is 5. The first kappa shape index (κ1) is 19.0. The highest BCUT2D eigenvalue weighted by Crippen LogP contribution is 2.26. The molecule has 1 atom stereocenters. The van der Waals surface area contributed by atoms with Gasteiger partial charge in [0.2, 0.25) is 15.9 Å². The van der Waals surface area contributed by atoms with E-state index in [-0.39, 0.29) is 17.3 Å². The van der Waals surface area contributed by atoms with Crippen LogP contribution in [0.25, 0.3) is 10.1 Å². The molecule has 0 bridgehead atoms. The molecule has 0 saturated carbocycles. The molecule has 1 aromatic heterocycles. The number of aromatic nitrogens is 1. The second kappa shape index (κ2) is 7.57. The molecule has 0 aliphatic carbocycles. The molecule has 3 aromatic rings. The van der Waals surface area contributed by atoms with Crippen molar-refractivity contribution >= 4 is 43.2 Å². The fourth-order valence-electron chi connectivity index (χ4n) is 3.32. The zero-order chi connectivity index (χ0) is 19.7. The lowest BCUT2D eigenvalue weighted by Gasteiger charge is -2.31. The summed E-state index contributed by atoms with van der Waals surface area (Å²) in [5, 5.41) is 3.83. The Morgan fingerprint density at radius 3 is 2.79 bits per heavy atom. The predicted molar refractivity (Wildman–Crippen MR) is 106 cm³/mol. The highest BCUT2D eigenvalue weighted by Gasteiger charge is 2.33. The van der Waals surface area contributed by atoms with Crippen LogP contribution in [0.1, 0.15) is 12.8 Å². The monoisotopic (exact) mass is 419 g/mol. The van der Waals surface area contributed by atoms with Crippen molar-refractivity contribution in [2.24, 2.45) is 5.92 Å². The highest BCUT2D eigenvalue weighted by molar-refractivity contribution is 7.89. The number of anilines is 1. The van der Waals surface area contributed by atoms with E-state index < -0.39 is 21.8 Å². The quantitative estimate of drug-likeness (QED) is 0.702. The number of carbonyl (C=O) groups is 1. The predicted octanol–water partition coefficient (Wildman–Crippen LogP) is 3.47. The Bertz CT molecular complexity index is 1110. The smallest absolute Gasteiger partial charge is 0.243 e. The minimum atomic E-state index is -3.76. The summed E-state index contributed by atoms with van der Waals surface area (Å²) in [5.74, 6) is -1.14. The molecule has 2 aromatic carbocycles. The van der Waals surface area contributed by atoms with Gasteiger partial charge in [0.15, 0.2) is 0 Å². The molecule has 1 fully saturated rings. The summed E-state index contributed by atoms with van der Waals surface area (Å²) < 4.78 is 45.2. The number of benzene rings is 2. The lowest BCUT2D eigenvalue weighted by molar-refractivity contribution is -0.120. The van der Waals surface area contributed by atoms with E-state index in [1.54, 1.807) is 6.20 Å². The van der Waals surface area contributed by atoms with Gasteiger partial charge in [-0.25, -0.2) is 12.8 Å². The molecule has 146 valence electrons. The fraction of sp³-hybridized carbons (Fsp3) is 0.263. The minimum Gasteiger partial charge on any atom is -0.326 e. The summed E-state index contributed by atoms with van der Waals surface area (Å²) in [6, 6.07) is 10.3. The van der Waals surface area contributed by atoms with Crippen LogP contribution in [0.15, 0.2) is 53.6 Å². The van der Waals surface area contributed by atoms with Crippen LogP contribution in [-0.4, -0.2) is 36.1 Å². The number of rotatable bonds is 4. The number of nitrogens with one attached hydrogen (secondary N) is 1. The number of piperidine rings is 1. The van der Waals surface area contributed by atoms with Crippen LogP contribution in [0.3, 0.4) is 0 Å². The van der Waals surface area contributed by atoms with Crippen molar-refractivity contribution in [3.05, 3.63) is 54.5 Å². The molecule has 1 N–H and O–H groups in total. The largest absolute Gasteiger partial charge is 0.326 e. The molecule has 2 heterocycles. The minimum absolute atomic E-state index is 0.0327. The van der Waals surface area contributed by atoms with Gasteiger partial charge in [0.05, 0.1) is 15.5 Å². The Labute approximate surface area is 166 Å². The van der Waals surface area contributed by atoms with Crippen molar-refractivity contribution in [1.82, 2.24) is 8.68 Å². The van der Waals surface area contributed by atoms with Crippen LogP contribution in [0, 0.1) is 11.7 Å². The van der Waals surface area contributed by atoms with E-state index in [4.69, 9.17) is 0 Å². The van der Waals surface area contributed by atoms with Crippen molar-refractivity contribution in [2.45, 2.75) is 17.7 Å². The molecular formula is C19H18FN3O3S2. The third kappa shape index (κ3) is 3.78. The third-order valence-electron chi connectivity index (χ3n) is 4.83. The summed E-state index contributed by atoms with van der Waals surface area (Å²) >= 11 is 1.39. The van der Waals surface area contributed by atoms with E-state index in [2.05, 4.69) is 9.69 Å². The van der Waals surface area contributed by atoms with Gasteiger partial charge in [0.1, 0.15) is 5.82 Å². The first-order chi connectivity index (χ1) is 13.4. The normalized spacial score (nSPS) is 18.2. The number of halogens is 1. The average Bonchev–Trinajstić information content (AvgIpc) is 3.16. The second-order valence-corrected chi connectivity index (χ2v) is 9.49. The van der Waals surface area contributed by atoms with Crippen LogP contribution >= 0.6 is 11.5 Å². The summed E-state index contributed by atoms with van der Waals surface area (Å²) in [7, 11) is -3.76. The lowest BCUT2D eigenvalue weighted by Crippen LogP contribution is -2.43. The standard InChI is InChI=1S/C19H18FN3O3S2/c20-15-3-6-17(7-4-15)28(25,26)23-9-1-2-13(12-23)19(24)22-16-5-8-18-14(10-16)11-21-27-18/h3-8,10-11,13H,1-2,9,12H2,(H,22,24). The molecule has 6 nitrogen and oxygen atoms in total. The zero-order valence-electron chi connectivity index (χ0n) is 14.8. The Morgan fingerprint density at radius 1 is 1.21 bits per heavy atom. The molecule has 1 aliphatic rings. The maximum atomic E-state index is 13.1. The first-order valence-electron chi connectivity index (χ1n) is 8.84. The van der Waals surface area contributed by atoms with Gasteiger partial charge in [-0.15, -0.1) is 0 Å². The van der Waals surface area contributed by atoms with Crippen LogP contribution in [-0.2, 0) is 14.8 Å². The summed E-state index contributed by atoms with van der Waals surface area (Å²) in [5.41, 5.74) is 0.663. The zero-order valence-corrected chi connectivity index (χ0v) is 16.5. The van der Waals surface area contributed by atoms with E-state index in [0.29, 0.717) is 25.1 Å². The Balaban J connectivity index is 1.48. The summed E-state index contributed by atoms with van der Waals surface area (Å²) in [6.45, 7) is 0.448. The molecule has 0 radical (unpaired) electrons. The summed E-state index contributed by atoms with van der Waals surface area (Å²) in [6.07, 6.45) is 2.95. The maximum absolute atomic E-state index is 13.1. The van der Waals surface area contributed by atoms with Gasteiger partial charge >= 0.3 is 0 Å². The molecule has 1 amide bonds. The SMILES string of the molecule is O=C(Nc1ccc2sncc2c1)C1CCCN(S(=O)(=O)c2ccc(F)cc2)C1. The van der Waals surface area contributed by atoms with Crippen LogP contribution in [0.2, 0.25) is 0 Å². The van der Waals surface area contributed by atoms with Crippen LogP contribution in [0.5, 0.6) is 0 Å². The number of sulfonamides is 1. The van der Waals surface area contributed by atoms with Gasteiger partial charge < -0.3 is 5.32 Å². The van der Waals surface area contributed by atoms with Crippen LogP contribution < -0.4 is 5.32 Å². The van der Waals surface area contributed by atoms with Crippen molar-refractivity contribution in [1.29, 1.82) is 0 Å². The van der Waals surface area contributed by atoms with Gasteiger partial charge in [-0.1, -0.05) is 0 Å². The number of nitrogens with zero attached hydrogens (tertiary/aromatic N) is 2. The van der Waals surface area contributed by atoms with E-state index in [1.807, 2.05) is 18.2 Å². The molecule has 0 spiro atoms. The Kier molecular flexibility index (Phi) is 5.13. The molecule has 4 rings (SSSR count). The van der Waals surface area contributed by atoms with E-state index in [1.165, 1.54) is 28.0 Å². The molecule has 1 aliphatic heterocycles. The lowest BCUT2D eigenvalue weighted by atomic mass is 9.98. The second-order valence-electron chi connectivity index (χ2n) is 6.72. The third-order valence-corrected chi connectivity index (χ3v) is 7.49.